The summed E-state index contributed by atoms with van der Waals surface area (Å²) in [5, 5.41) is 3.41. The molecule has 0 aliphatic heterocycles. The maximum absolute atomic E-state index is 12.0. The van der Waals surface area contributed by atoms with Gasteiger partial charge in [0, 0.05) is 23.7 Å². The van der Waals surface area contributed by atoms with Crippen molar-refractivity contribution >= 4 is 29.3 Å². The van der Waals surface area contributed by atoms with E-state index < -0.39 is 0 Å². The Bertz CT molecular complexity index is 398. The Balaban J connectivity index is 2.75. The van der Waals surface area contributed by atoms with E-state index in [0.717, 1.165) is 17.9 Å². The van der Waals surface area contributed by atoms with E-state index >= 15 is 0 Å². The number of halogens is 1. The molecule has 1 atom stereocenters. The average Bonchev–Trinajstić information content (AvgIpc) is 2.28. The van der Waals surface area contributed by atoms with E-state index in [9.17, 15) is 4.79 Å². The van der Waals surface area contributed by atoms with Gasteiger partial charge in [-0.25, -0.2) is 0 Å². The van der Waals surface area contributed by atoms with Crippen LogP contribution in [0.25, 0.3) is 0 Å². The summed E-state index contributed by atoms with van der Waals surface area (Å²) in [7, 11) is 0. The topological polar surface area (TPSA) is 42.0 Å². The third kappa shape index (κ3) is 4.21. The summed E-state index contributed by atoms with van der Waals surface area (Å²) < 4.78 is 0. The van der Waals surface area contributed by atoms with Crippen LogP contribution in [0.1, 0.15) is 29.4 Å². The zero-order chi connectivity index (χ0) is 12.8. The third-order valence-corrected chi connectivity index (χ3v) is 3.48. The van der Waals surface area contributed by atoms with Crippen molar-refractivity contribution in [2.24, 2.45) is 0 Å². The summed E-state index contributed by atoms with van der Waals surface area (Å²) in [6, 6.07) is 1.88. The first kappa shape index (κ1) is 14.3. The van der Waals surface area contributed by atoms with Crippen LogP contribution < -0.4 is 5.32 Å². The molecule has 3 nitrogen and oxygen atoms in total. The van der Waals surface area contributed by atoms with Crippen molar-refractivity contribution in [3.05, 3.63) is 28.5 Å². The summed E-state index contributed by atoms with van der Waals surface area (Å²) in [5.41, 5.74) is 1.25. The van der Waals surface area contributed by atoms with E-state index in [1.807, 2.05) is 13.2 Å². The number of pyridine rings is 1. The first-order valence-corrected chi connectivity index (χ1v) is 7.27. The van der Waals surface area contributed by atoms with Gasteiger partial charge in [0.1, 0.15) is 0 Å². The molecule has 0 saturated carbocycles. The van der Waals surface area contributed by atoms with E-state index in [4.69, 9.17) is 11.6 Å². The fourth-order valence-corrected chi connectivity index (χ4v) is 2.43. The van der Waals surface area contributed by atoms with Gasteiger partial charge in [-0.2, -0.15) is 11.8 Å². The van der Waals surface area contributed by atoms with Crippen LogP contribution in [0.5, 0.6) is 0 Å². The first-order chi connectivity index (χ1) is 8.08. The second kappa shape index (κ2) is 6.87. The van der Waals surface area contributed by atoms with Crippen LogP contribution in [0.2, 0.25) is 5.02 Å². The van der Waals surface area contributed by atoms with Crippen LogP contribution in [0.4, 0.5) is 0 Å². The highest BCUT2D eigenvalue weighted by atomic mass is 35.5. The molecular weight excluding hydrogens is 256 g/mol. The van der Waals surface area contributed by atoms with Crippen molar-refractivity contribution in [3.63, 3.8) is 0 Å². The Labute approximate surface area is 111 Å². The number of aryl methyl sites for hydroxylation is 1. The van der Waals surface area contributed by atoms with Crippen LogP contribution in [-0.2, 0) is 0 Å². The van der Waals surface area contributed by atoms with Crippen LogP contribution in [-0.4, -0.2) is 28.9 Å². The van der Waals surface area contributed by atoms with E-state index in [2.05, 4.69) is 17.2 Å². The van der Waals surface area contributed by atoms with Crippen molar-refractivity contribution in [2.45, 2.75) is 26.3 Å². The highest BCUT2D eigenvalue weighted by Gasteiger charge is 2.14. The third-order valence-electron chi connectivity index (χ3n) is 2.43. The molecular formula is C12H17ClN2OS. The largest absolute Gasteiger partial charge is 0.348 e. The number of thioether (sulfide) groups is 1. The highest BCUT2D eigenvalue weighted by Crippen LogP contribution is 2.16. The molecule has 0 fully saturated rings. The van der Waals surface area contributed by atoms with Gasteiger partial charge in [-0.15, -0.1) is 0 Å². The minimum Gasteiger partial charge on any atom is -0.348 e. The summed E-state index contributed by atoms with van der Waals surface area (Å²) >= 11 is 7.74. The quantitative estimate of drug-likeness (QED) is 0.896. The van der Waals surface area contributed by atoms with Crippen LogP contribution >= 0.6 is 23.4 Å². The molecule has 0 bridgehead atoms. The van der Waals surface area contributed by atoms with Gasteiger partial charge in [-0.1, -0.05) is 18.5 Å². The van der Waals surface area contributed by atoms with E-state index in [1.165, 1.54) is 6.20 Å². The maximum atomic E-state index is 12.0. The van der Waals surface area contributed by atoms with Crippen molar-refractivity contribution in [1.29, 1.82) is 0 Å². The van der Waals surface area contributed by atoms with Crippen molar-refractivity contribution in [1.82, 2.24) is 10.3 Å². The Morgan fingerprint density at radius 3 is 2.88 bits per heavy atom. The molecule has 0 radical (unpaired) electrons. The standard InChI is InChI=1S/C12H17ClN2OS/c1-4-9(7-17-3)15-12(16)10-6-14-8(2)5-11(10)13/h5-6,9H,4,7H2,1-3H3,(H,15,16). The van der Waals surface area contributed by atoms with Gasteiger partial charge >= 0.3 is 0 Å². The van der Waals surface area contributed by atoms with Crippen LogP contribution in [0.3, 0.4) is 0 Å². The van der Waals surface area contributed by atoms with Gasteiger partial charge in [0.2, 0.25) is 0 Å². The van der Waals surface area contributed by atoms with Crippen molar-refractivity contribution < 1.29 is 4.79 Å². The Morgan fingerprint density at radius 2 is 2.35 bits per heavy atom. The summed E-state index contributed by atoms with van der Waals surface area (Å²) in [6.07, 6.45) is 4.46. The number of amides is 1. The van der Waals surface area contributed by atoms with Crippen LogP contribution in [0.15, 0.2) is 12.3 Å². The number of hydrogen-bond donors (Lipinski definition) is 1. The zero-order valence-electron chi connectivity index (χ0n) is 10.3. The van der Waals surface area contributed by atoms with E-state index in [0.29, 0.717) is 10.6 Å². The van der Waals surface area contributed by atoms with E-state index in [1.54, 1.807) is 17.8 Å². The predicted octanol–water partition coefficient (Wildman–Crippen LogP) is 2.91. The molecule has 0 saturated heterocycles. The lowest BCUT2D eigenvalue weighted by Gasteiger charge is -2.16. The molecule has 0 aliphatic rings. The lowest BCUT2D eigenvalue weighted by Crippen LogP contribution is -2.36. The number of carbonyl (C=O) groups excluding carboxylic acids is 1. The molecule has 1 amide bonds. The van der Waals surface area contributed by atoms with Crippen molar-refractivity contribution in [2.75, 3.05) is 12.0 Å². The highest BCUT2D eigenvalue weighted by molar-refractivity contribution is 7.98. The predicted molar refractivity (Wildman–Crippen MR) is 73.9 cm³/mol. The monoisotopic (exact) mass is 272 g/mol. The smallest absolute Gasteiger partial charge is 0.254 e. The number of aromatic nitrogens is 1. The minimum absolute atomic E-state index is 0.150. The van der Waals surface area contributed by atoms with Gasteiger partial charge in [0.25, 0.3) is 5.91 Å². The lowest BCUT2D eigenvalue weighted by molar-refractivity contribution is 0.0940. The molecule has 94 valence electrons. The lowest BCUT2D eigenvalue weighted by atomic mass is 10.2. The minimum atomic E-state index is -0.150. The van der Waals surface area contributed by atoms with E-state index in [-0.39, 0.29) is 11.9 Å². The Hall–Kier alpha value is -0.740. The molecule has 17 heavy (non-hydrogen) atoms. The summed E-state index contributed by atoms with van der Waals surface area (Å²) in [5.74, 6) is 0.752. The Kier molecular flexibility index (Phi) is 5.78. The second-order valence-corrected chi connectivity index (χ2v) is 5.16. The Morgan fingerprint density at radius 1 is 1.65 bits per heavy atom. The van der Waals surface area contributed by atoms with Gasteiger partial charge in [-0.3, -0.25) is 9.78 Å². The van der Waals surface area contributed by atoms with Crippen LogP contribution in [0, 0.1) is 6.92 Å². The number of hydrogen-bond acceptors (Lipinski definition) is 3. The molecule has 0 aromatic carbocycles. The molecule has 1 N–H and O–H groups in total. The fraction of sp³-hybridized carbons (Fsp3) is 0.500. The summed E-state index contributed by atoms with van der Waals surface area (Å²) in [6.45, 7) is 3.90. The normalized spacial score (nSPS) is 12.2. The van der Waals surface area contributed by atoms with Crippen molar-refractivity contribution in [3.8, 4) is 0 Å². The number of carbonyl (C=O) groups is 1. The SMILES string of the molecule is CCC(CSC)NC(=O)c1cnc(C)cc1Cl. The molecule has 1 unspecified atom stereocenters. The summed E-state index contributed by atoms with van der Waals surface area (Å²) in [4.78, 5) is 16.1. The average molecular weight is 273 g/mol. The maximum Gasteiger partial charge on any atom is 0.254 e. The van der Waals surface area contributed by atoms with Gasteiger partial charge < -0.3 is 5.32 Å². The van der Waals surface area contributed by atoms with Gasteiger partial charge in [0.05, 0.1) is 10.6 Å². The molecule has 1 rings (SSSR count). The number of nitrogens with zero attached hydrogens (tertiary/aromatic N) is 1. The zero-order valence-corrected chi connectivity index (χ0v) is 11.9. The van der Waals surface area contributed by atoms with Gasteiger partial charge in [0.15, 0.2) is 0 Å². The first-order valence-electron chi connectivity index (χ1n) is 5.50. The number of nitrogens with one attached hydrogen (secondary N) is 1. The number of rotatable bonds is 5. The fourth-order valence-electron chi connectivity index (χ4n) is 1.42. The molecule has 0 aliphatic carbocycles. The molecule has 1 aromatic heterocycles. The second-order valence-electron chi connectivity index (χ2n) is 3.84. The molecule has 0 spiro atoms. The molecule has 1 heterocycles. The molecule has 5 heteroatoms. The molecule has 1 aromatic rings. The van der Waals surface area contributed by atoms with Gasteiger partial charge in [-0.05, 0) is 25.7 Å².